The Morgan fingerprint density at radius 1 is 0.893 bits per heavy atom. The number of halogens is 1. The molecule has 0 aliphatic carbocycles. The first kappa shape index (κ1) is 19.4. The Balaban J connectivity index is 1.79. The Morgan fingerprint density at radius 3 is 2.07 bits per heavy atom. The second-order valence-corrected chi connectivity index (χ2v) is 6.61. The first-order valence-corrected chi connectivity index (χ1v) is 8.86. The summed E-state index contributed by atoms with van der Waals surface area (Å²) in [7, 11) is 0. The first-order valence-electron chi connectivity index (χ1n) is 8.86. The number of aromatic carboxylic acids is 1. The fourth-order valence-electron chi connectivity index (χ4n) is 2.79. The van der Waals surface area contributed by atoms with Crippen molar-refractivity contribution in [2.75, 3.05) is 0 Å². The molecule has 0 aliphatic rings. The predicted molar refractivity (Wildman–Crippen MR) is 104 cm³/mol. The van der Waals surface area contributed by atoms with E-state index in [1.807, 2.05) is 31.2 Å². The quantitative estimate of drug-likeness (QED) is 0.604. The smallest absolute Gasteiger partial charge is 0.339 e. The van der Waals surface area contributed by atoms with E-state index >= 15 is 0 Å². The van der Waals surface area contributed by atoms with Crippen LogP contribution in [0.3, 0.4) is 0 Å². The van der Waals surface area contributed by atoms with Gasteiger partial charge in [0.1, 0.15) is 36.1 Å². The number of ether oxygens (including phenoxy) is 2. The van der Waals surface area contributed by atoms with Gasteiger partial charge < -0.3 is 14.6 Å². The number of hydrogen-bond acceptors (Lipinski definition) is 3. The van der Waals surface area contributed by atoms with Crippen LogP contribution in [-0.4, -0.2) is 11.1 Å². The Hall–Kier alpha value is -3.34. The fourth-order valence-corrected chi connectivity index (χ4v) is 2.79. The highest BCUT2D eigenvalue weighted by Gasteiger charge is 2.17. The van der Waals surface area contributed by atoms with Gasteiger partial charge in [-0.3, -0.25) is 0 Å². The molecule has 0 unspecified atom stereocenters. The van der Waals surface area contributed by atoms with Crippen LogP contribution in [0.4, 0.5) is 4.39 Å². The lowest BCUT2D eigenvalue weighted by molar-refractivity contribution is 0.0691. The molecular formula is C23H21FO4. The summed E-state index contributed by atoms with van der Waals surface area (Å²) >= 11 is 0. The van der Waals surface area contributed by atoms with Crippen LogP contribution >= 0.6 is 0 Å². The maximum atomic E-state index is 13.0. The zero-order valence-corrected chi connectivity index (χ0v) is 15.7. The van der Waals surface area contributed by atoms with Crippen LogP contribution in [0.1, 0.15) is 32.6 Å². The topological polar surface area (TPSA) is 55.8 Å². The number of hydrogen-bond donors (Lipinski definition) is 1. The van der Waals surface area contributed by atoms with Crippen molar-refractivity contribution in [3.05, 3.63) is 94.3 Å². The molecule has 0 atom stereocenters. The van der Waals surface area contributed by atoms with Crippen LogP contribution < -0.4 is 9.47 Å². The summed E-state index contributed by atoms with van der Waals surface area (Å²) < 4.78 is 24.6. The lowest BCUT2D eigenvalue weighted by Gasteiger charge is -2.15. The first-order chi connectivity index (χ1) is 13.4. The number of aryl methyl sites for hydroxylation is 2. The van der Waals surface area contributed by atoms with E-state index in [4.69, 9.17) is 9.47 Å². The molecule has 144 valence electrons. The minimum Gasteiger partial charge on any atom is -0.489 e. The predicted octanol–water partition coefficient (Wildman–Crippen LogP) is 5.30. The van der Waals surface area contributed by atoms with Gasteiger partial charge in [0.05, 0.1) is 0 Å². The molecular weight excluding hydrogens is 359 g/mol. The molecule has 0 saturated heterocycles. The van der Waals surface area contributed by atoms with Crippen LogP contribution in [-0.2, 0) is 13.2 Å². The normalized spacial score (nSPS) is 10.5. The molecule has 1 N–H and O–H groups in total. The molecule has 0 fully saturated rings. The minimum absolute atomic E-state index is 0.112. The summed E-state index contributed by atoms with van der Waals surface area (Å²) in [6, 6.07) is 17.1. The van der Waals surface area contributed by atoms with E-state index in [2.05, 4.69) is 0 Å². The lowest BCUT2D eigenvalue weighted by atomic mass is 10.1. The summed E-state index contributed by atoms with van der Waals surface area (Å²) in [4.78, 5) is 11.7. The Morgan fingerprint density at radius 2 is 1.46 bits per heavy atom. The highest BCUT2D eigenvalue weighted by Crippen LogP contribution is 2.30. The largest absolute Gasteiger partial charge is 0.489 e. The van der Waals surface area contributed by atoms with Gasteiger partial charge in [0, 0.05) is 6.07 Å². The zero-order valence-electron chi connectivity index (χ0n) is 15.7. The Bertz CT molecular complexity index is 963. The SMILES string of the molecule is Cc1ccc(COc2cc(OCc3ccc(F)cc3)cc(C)c2C(=O)O)cc1. The maximum absolute atomic E-state index is 13.0. The third-order valence-electron chi connectivity index (χ3n) is 4.32. The van der Waals surface area contributed by atoms with E-state index in [0.717, 1.165) is 16.7 Å². The molecule has 0 heterocycles. The summed E-state index contributed by atoms with van der Waals surface area (Å²) in [6.45, 7) is 4.19. The number of carbonyl (C=O) groups is 1. The van der Waals surface area contributed by atoms with Crippen LogP contribution in [0.25, 0.3) is 0 Å². The average molecular weight is 380 g/mol. The monoisotopic (exact) mass is 380 g/mol. The molecule has 0 aromatic heterocycles. The van der Waals surface area contributed by atoms with Crippen molar-refractivity contribution in [2.45, 2.75) is 27.1 Å². The van der Waals surface area contributed by atoms with Gasteiger partial charge in [-0.05, 0) is 48.7 Å². The molecule has 0 spiro atoms. The molecule has 5 heteroatoms. The van der Waals surface area contributed by atoms with Gasteiger partial charge in [-0.15, -0.1) is 0 Å². The molecule has 3 aromatic rings. The Kier molecular flexibility index (Phi) is 5.94. The lowest BCUT2D eigenvalue weighted by Crippen LogP contribution is -2.07. The number of carboxylic acids is 1. The molecule has 0 radical (unpaired) electrons. The summed E-state index contributed by atoms with van der Waals surface area (Å²) in [5, 5.41) is 9.55. The molecule has 3 aromatic carbocycles. The molecule has 3 rings (SSSR count). The van der Waals surface area contributed by atoms with E-state index in [1.54, 1.807) is 31.2 Å². The summed E-state index contributed by atoms with van der Waals surface area (Å²) in [5.41, 5.74) is 3.55. The van der Waals surface area contributed by atoms with E-state index in [0.29, 0.717) is 11.3 Å². The maximum Gasteiger partial charge on any atom is 0.339 e. The van der Waals surface area contributed by atoms with E-state index < -0.39 is 5.97 Å². The van der Waals surface area contributed by atoms with E-state index in [9.17, 15) is 14.3 Å². The molecule has 4 nitrogen and oxygen atoms in total. The number of benzene rings is 3. The van der Waals surface area contributed by atoms with Gasteiger partial charge in [0.25, 0.3) is 0 Å². The van der Waals surface area contributed by atoms with Crippen LogP contribution in [0.2, 0.25) is 0 Å². The Labute approximate surface area is 163 Å². The van der Waals surface area contributed by atoms with Crippen LogP contribution in [0.15, 0.2) is 60.7 Å². The van der Waals surface area contributed by atoms with Crippen LogP contribution in [0.5, 0.6) is 11.5 Å². The van der Waals surface area contributed by atoms with Crippen molar-refractivity contribution in [3.8, 4) is 11.5 Å². The van der Waals surface area contributed by atoms with Crippen molar-refractivity contribution in [2.24, 2.45) is 0 Å². The van der Waals surface area contributed by atoms with Gasteiger partial charge in [0.15, 0.2) is 0 Å². The zero-order chi connectivity index (χ0) is 20.1. The van der Waals surface area contributed by atoms with Gasteiger partial charge in [-0.1, -0.05) is 42.0 Å². The van der Waals surface area contributed by atoms with Crippen molar-refractivity contribution >= 4 is 5.97 Å². The standard InChI is InChI=1S/C23H21FO4/c1-15-3-5-17(6-4-15)14-28-21-12-20(11-16(2)22(21)23(25)26)27-13-18-7-9-19(24)10-8-18/h3-12H,13-14H2,1-2H3,(H,25,26). The third kappa shape index (κ3) is 4.88. The summed E-state index contributed by atoms with van der Waals surface area (Å²) in [5.74, 6) is -0.619. The van der Waals surface area contributed by atoms with Gasteiger partial charge >= 0.3 is 5.97 Å². The second-order valence-electron chi connectivity index (χ2n) is 6.61. The molecule has 0 saturated carbocycles. The van der Waals surface area contributed by atoms with Gasteiger partial charge in [-0.25, -0.2) is 9.18 Å². The third-order valence-corrected chi connectivity index (χ3v) is 4.32. The van der Waals surface area contributed by atoms with Crippen molar-refractivity contribution in [3.63, 3.8) is 0 Å². The molecule has 28 heavy (non-hydrogen) atoms. The van der Waals surface area contributed by atoms with Crippen molar-refractivity contribution < 1.29 is 23.8 Å². The van der Waals surface area contributed by atoms with Gasteiger partial charge in [0.2, 0.25) is 0 Å². The van der Waals surface area contributed by atoms with Crippen LogP contribution in [0, 0.1) is 19.7 Å². The number of rotatable bonds is 7. The molecule has 0 aliphatic heterocycles. The second kappa shape index (κ2) is 8.57. The fraction of sp³-hybridized carbons (Fsp3) is 0.174. The highest BCUT2D eigenvalue weighted by atomic mass is 19.1. The highest BCUT2D eigenvalue weighted by molar-refractivity contribution is 5.93. The van der Waals surface area contributed by atoms with Crippen molar-refractivity contribution in [1.82, 2.24) is 0 Å². The molecule has 0 bridgehead atoms. The summed E-state index contributed by atoms with van der Waals surface area (Å²) in [6.07, 6.45) is 0. The minimum atomic E-state index is -1.05. The number of carboxylic acid groups (broad SMARTS) is 1. The van der Waals surface area contributed by atoms with Crippen molar-refractivity contribution in [1.29, 1.82) is 0 Å². The average Bonchev–Trinajstić information content (AvgIpc) is 2.66. The van der Waals surface area contributed by atoms with E-state index in [1.165, 1.54) is 12.1 Å². The van der Waals surface area contributed by atoms with Gasteiger partial charge in [-0.2, -0.15) is 0 Å². The molecule has 0 amide bonds. The van der Waals surface area contributed by atoms with E-state index in [-0.39, 0.29) is 30.3 Å².